The second kappa shape index (κ2) is 7.84. The molecular formula is C21H17FN4O2S. The van der Waals surface area contributed by atoms with Crippen LogP contribution >= 0.6 is 11.3 Å². The molecule has 0 fully saturated rings. The fourth-order valence-corrected chi connectivity index (χ4v) is 3.72. The first kappa shape index (κ1) is 18.8. The normalized spacial score (nSPS) is 10.8. The van der Waals surface area contributed by atoms with Gasteiger partial charge in [0.05, 0.1) is 12.1 Å². The highest BCUT2D eigenvalue weighted by Crippen LogP contribution is 2.23. The largest absolute Gasteiger partial charge is 0.326 e. The summed E-state index contributed by atoms with van der Waals surface area (Å²) in [5.74, 6) is -0.738. The molecule has 0 aliphatic heterocycles. The molecule has 4 rings (SSSR count). The number of halogens is 1. The van der Waals surface area contributed by atoms with Gasteiger partial charge in [-0.3, -0.25) is 14.7 Å². The van der Waals surface area contributed by atoms with Gasteiger partial charge in [0, 0.05) is 27.9 Å². The number of benzene rings is 2. The van der Waals surface area contributed by atoms with E-state index in [4.69, 9.17) is 0 Å². The molecule has 29 heavy (non-hydrogen) atoms. The minimum absolute atomic E-state index is 0.0948. The lowest BCUT2D eigenvalue weighted by atomic mass is 10.2. The van der Waals surface area contributed by atoms with Crippen molar-refractivity contribution in [3.63, 3.8) is 0 Å². The standard InChI is InChI=1S/C21H17FN4O2S/c1-13-17(11-19(27)23-16-9-7-15(22)8-10-16)20(28)26(25-13)21-24-18(12-29-21)14-5-3-2-4-6-14/h2-10,12,25H,11H2,1H3,(H,23,27). The molecule has 0 unspecified atom stereocenters. The van der Waals surface area contributed by atoms with Crippen LogP contribution in [0.5, 0.6) is 0 Å². The average Bonchev–Trinajstić information content (AvgIpc) is 3.31. The van der Waals surface area contributed by atoms with Crippen LogP contribution in [0.25, 0.3) is 16.4 Å². The molecule has 0 spiro atoms. The monoisotopic (exact) mass is 408 g/mol. The summed E-state index contributed by atoms with van der Waals surface area (Å²) < 4.78 is 14.3. The van der Waals surface area contributed by atoms with Gasteiger partial charge in [-0.05, 0) is 31.2 Å². The highest BCUT2D eigenvalue weighted by molar-refractivity contribution is 7.12. The van der Waals surface area contributed by atoms with Crippen LogP contribution in [-0.4, -0.2) is 20.7 Å². The van der Waals surface area contributed by atoms with Crippen molar-refractivity contribution < 1.29 is 9.18 Å². The summed E-state index contributed by atoms with van der Waals surface area (Å²) in [6, 6.07) is 15.1. The molecule has 0 aliphatic rings. The van der Waals surface area contributed by atoms with Gasteiger partial charge in [-0.1, -0.05) is 30.3 Å². The summed E-state index contributed by atoms with van der Waals surface area (Å²) in [5.41, 5.74) is 2.86. The Morgan fingerprint density at radius 2 is 1.90 bits per heavy atom. The summed E-state index contributed by atoms with van der Waals surface area (Å²) in [4.78, 5) is 29.7. The third kappa shape index (κ3) is 4.02. The predicted octanol–water partition coefficient (Wildman–Crippen LogP) is 3.92. The van der Waals surface area contributed by atoms with Gasteiger partial charge in [0.1, 0.15) is 5.82 Å². The van der Waals surface area contributed by atoms with E-state index >= 15 is 0 Å². The van der Waals surface area contributed by atoms with Crippen molar-refractivity contribution in [3.8, 4) is 16.4 Å². The van der Waals surface area contributed by atoms with Gasteiger partial charge >= 0.3 is 0 Å². The number of rotatable bonds is 5. The van der Waals surface area contributed by atoms with Crippen molar-refractivity contribution in [2.45, 2.75) is 13.3 Å². The maximum absolute atomic E-state index is 13.0. The number of aromatic nitrogens is 3. The lowest BCUT2D eigenvalue weighted by Crippen LogP contribution is -2.22. The molecule has 0 saturated carbocycles. The summed E-state index contributed by atoms with van der Waals surface area (Å²) in [7, 11) is 0. The molecule has 0 radical (unpaired) electrons. The van der Waals surface area contributed by atoms with Crippen LogP contribution in [0.15, 0.2) is 64.8 Å². The van der Waals surface area contributed by atoms with Crippen LogP contribution in [0.4, 0.5) is 10.1 Å². The smallest absolute Gasteiger partial charge is 0.277 e. The second-order valence-corrected chi connectivity index (χ2v) is 7.31. The zero-order chi connectivity index (χ0) is 20.4. The molecule has 4 aromatic rings. The molecule has 2 N–H and O–H groups in total. The molecule has 0 atom stereocenters. The van der Waals surface area contributed by atoms with E-state index in [1.54, 1.807) is 6.92 Å². The maximum Gasteiger partial charge on any atom is 0.277 e. The SMILES string of the molecule is Cc1[nH]n(-c2nc(-c3ccccc3)cs2)c(=O)c1CC(=O)Nc1ccc(F)cc1. The first-order valence-electron chi connectivity index (χ1n) is 8.88. The van der Waals surface area contributed by atoms with Gasteiger partial charge in [-0.15, -0.1) is 11.3 Å². The average molecular weight is 408 g/mol. The Balaban J connectivity index is 1.55. The number of carbonyl (C=O) groups is 1. The molecule has 0 saturated heterocycles. The van der Waals surface area contributed by atoms with Gasteiger partial charge < -0.3 is 5.32 Å². The van der Waals surface area contributed by atoms with Crippen LogP contribution in [0.3, 0.4) is 0 Å². The van der Waals surface area contributed by atoms with Crippen LogP contribution in [0, 0.1) is 12.7 Å². The van der Waals surface area contributed by atoms with E-state index in [0.29, 0.717) is 22.1 Å². The number of aryl methyl sites for hydroxylation is 1. The fraction of sp³-hybridized carbons (Fsp3) is 0.0952. The molecule has 2 aromatic carbocycles. The van der Waals surface area contributed by atoms with E-state index < -0.39 is 0 Å². The Bertz CT molecular complexity index is 1210. The van der Waals surface area contributed by atoms with E-state index in [1.165, 1.54) is 40.3 Å². The Labute approximate surface area is 169 Å². The molecule has 2 heterocycles. The molecule has 8 heteroatoms. The predicted molar refractivity (Wildman–Crippen MR) is 111 cm³/mol. The number of nitrogens with one attached hydrogen (secondary N) is 2. The fourth-order valence-electron chi connectivity index (χ4n) is 2.93. The third-order valence-corrected chi connectivity index (χ3v) is 5.24. The maximum atomic E-state index is 13.0. The number of aromatic amines is 1. The van der Waals surface area contributed by atoms with E-state index in [9.17, 15) is 14.0 Å². The number of anilines is 1. The Kier molecular flexibility index (Phi) is 5.09. The lowest BCUT2D eigenvalue weighted by Gasteiger charge is -2.04. The molecule has 0 bridgehead atoms. The van der Waals surface area contributed by atoms with Crippen molar-refractivity contribution in [2.75, 3.05) is 5.32 Å². The van der Waals surface area contributed by atoms with Gasteiger partial charge in [-0.2, -0.15) is 4.68 Å². The van der Waals surface area contributed by atoms with E-state index in [0.717, 1.165) is 11.3 Å². The van der Waals surface area contributed by atoms with Crippen molar-refractivity contribution in [2.24, 2.45) is 0 Å². The van der Waals surface area contributed by atoms with Crippen LogP contribution in [0.2, 0.25) is 0 Å². The minimum atomic E-state index is -0.384. The van der Waals surface area contributed by atoms with Gasteiger partial charge in [0.25, 0.3) is 5.56 Å². The van der Waals surface area contributed by atoms with Crippen LogP contribution in [0.1, 0.15) is 11.3 Å². The minimum Gasteiger partial charge on any atom is -0.326 e. The molecule has 2 aromatic heterocycles. The number of hydrogen-bond acceptors (Lipinski definition) is 4. The highest BCUT2D eigenvalue weighted by atomic mass is 32.1. The summed E-state index contributed by atoms with van der Waals surface area (Å²) in [6.07, 6.45) is -0.0948. The van der Waals surface area contributed by atoms with Crippen molar-refractivity contribution >= 4 is 22.9 Å². The molecule has 1 amide bonds. The number of H-pyrrole nitrogens is 1. The van der Waals surface area contributed by atoms with Crippen LogP contribution in [-0.2, 0) is 11.2 Å². The van der Waals surface area contributed by atoms with Gasteiger partial charge in [0.2, 0.25) is 11.0 Å². The zero-order valence-corrected chi connectivity index (χ0v) is 16.3. The van der Waals surface area contributed by atoms with Crippen molar-refractivity contribution in [1.82, 2.24) is 14.8 Å². The van der Waals surface area contributed by atoms with E-state index in [1.807, 2.05) is 35.7 Å². The molecule has 6 nitrogen and oxygen atoms in total. The first-order chi connectivity index (χ1) is 14.0. The number of thiazole rings is 1. The molecule has 0 aliphatic carbocycles. The van der Waals surface area contributed by atoms with Crippen LogP contribution < -0.4 is 10.9 Å². The van der Waals surface area contributed by atoms with Gasteiger partial charge in [-0.25, -0.2) is 9.37 Å². The lowest BCUT2D eigenvalue weighted by molar-refractivity contribution is -0.115. The third-order valence-electron chi connectivity index (χ3n) is 4.41. The van der Waals surface area contributed by atoms with Gasteiger partial charge in [0.15, 0.2) is 0 Å². The Morgan fingerprint density at radius 1 is 1.17 bits per heavy atom. The van der Waals surface area contributed by atoms with E-state index in [2.05, 4.69) is 15.4 Å². The topological polar surface area (TPSA) is 79.8 Å². The second-order valence-electron chi connectivity index (χ2n) is 6.47. The quantitative estimate of drug-likeness (QED) is 0.525. The molecular weight excluding hydrogens is 391 g/mol. The summed E-state index contributed by atoms with van der Waals surface area (Å²) >= 11 is 1.34. The van der Waals surface area contributed by atoms with Crippen molar-refractivity contribution in [1.29, 1.82) is 0 Å². The summed E-state index contributed by atoms with van der Waals surface area (Å²) in [5, 5.41) is 8.04. The Hall–Kier alpha value is -3.52. The first-order valence-corrected chi connectivity index (χ1v) is 9.76. The number of carbonyl (C=O) groups excluding carboxylic acids is 1. The Morgan fingerprint density at radius 3 is 2.62 bits per heavy atom. The van der Waals surface area contributed by atoms with E-state index in [-0.39, 0.29) is 23.7 Å². The number of amides is 1. The molecule has 146 valence electrons. The highest BCUT2D eigenvalue weighted by Gasteiger charge is 2.18. The number of hydrogen-bond donors (Lipinski definition) is 2. The van der Waals surface area contributed by atoms with Crippen molar-refractivity contribution in [3.05, 3.63) is 87.4 Å². The summed E-state index contributed by atoms with van der Waals surface area (Å²) in [6.45, 7) is 1.74. The zero-order valence-electron chi connectivity index (χ0n) is 15.5. The number of nitrogens with zero attached hydrogens (tertiary/aromatic N) is 2.